The second-order valence-corrected chi connectivity index (χ2v) is 15.5. The molecule has 0 aliphatic heterocycles. The summed E-state index contributed by atoms with van der Waals surface area (Å²) >= 11 is 0. The zero-order valence-corrected chi connectivity index (χ0v) is 32.9. The molecule has 0 aliphatic rings. The normalized spacial score (nSPS) is 11.6. The van der Waals surface area contributed by atoms with Crippen LogP contribution in [0.15, 0.2) is 213 Å². The van der Waals surface area contributed by atoms with E-state index in [-0.39, 0.29) is 0 Å². The highest BCUT2D eigenvalue weighted by molar-refractivity contribution is 6.29. The molecule has 0 bridgehead atoms. The van der Waals surface area contributed by atoms with Crippen LogP contribution in [0.3, 0.4) is 0 Å². The predicted molar refractivity (Wildman–Crippen MR) is 252 cm³/mol. The zero-order chi connectivity index (χ0) is 40.3. The van der Waals surface area contributed by atoms with Gasteiger partial charge in [0.25, 0.3) is 0 Å². The van der Waals surface area contributed by atoms with Crippen molar-refractivity contribution in [2.75, 3.05) is 0 Å². The summed E-state index contributed by atoms with van der Waals surface area (Å²) in [5, 5.41) is 9.98. The first-order valence-corrected chi connectivity index (χ1v) is 20.5. The molecule has 5 heteroatoms. The Labute approximate surface area is 351 Å². The average molecular weight is 778 g/mol. The predicted octanol–water partition coefficient (Wildman–Crippen LogP) is 14.2. The molecule has 0 saturated heterocycles. The van der Waals surface area contributed by atoms with E-state index >= 15 is 0 Å². The molecule has 0 unspecified atom stereocenters. The van der Waals surface area contributed by atoms with Gasteiger partial charge in [0.2, 0.25) is 0 Å². The summed E-state index contributed by atoms with van der Waals surface area (Å²) in [4.78, 5) is 19.3. The summed E-state index contributed by atoms with van der Waals surface area (Å²) < 4.78 is 2.40. The van der Waals surface area contributed by atoms with Gasteiger partial charge in [-0.3, -0.25) is 4.98 Å². The number of nitrogens with zero attached hydrogens (tertiary/aromatic N) is 5. The Morgan fingerprint density at radius 1 is 0.279 bits per heavy atom. The fraction of sp³-hybridized carbons (Fsp3) is 0. The van der Waals surface area contributed by atoms with E-state index in [2.05, 4.69) is 173 Å². The monoisotopic (exact) mass is 777 g/mol. The third-order valence-electron chi connectivity index (χ3n) is 11.9. The van der Waals surface area contributed by atoms with Gasteiger partial charge in [-0.1, -0.05) is 158 Å². The lowest BCUT2D eigenvalue weighted by Crippen LogP contribution is -2.00. The maximum Gasteiger partial charge on any atom is 0.164 e. The van der Waals surface area contributed by atoms with Crippen LogP contribution in [-0.4, -0.2) is 24.5 Å². The van der Waals surface area contributed by atoms with Crippen LogP contribution in [0, 0.1) is 0 Å². The molecule has 0 atom stereocenters. The van der Waals surface area contributed by atoms with Gasteiger partial charge in [-0.2, -0.15) is 0 Å². The molecule has 61 heavy (non-hydrogen) atoms. The van der Waals surface area contributed by atoms with Crippen molar-refractivity contribution in [2.45, 2.75) is 0 Å². The lowest BCUT2D eigenvalue weighted by molar-refractivity contribution is 1.07. The molecule has 5 nitrogen and oxygen atoms in total. The largest absolute Gasteiger partial charge is 0.309 e. The molecule has 0 spiro atoms. The van der Waals surface area contributed by atoms with Crippen LogP contribution in [0.1, 0.15) is 0 Å². The van der Waals surface area contributed by atoms with E-state index in [0.29, 0.717) is 17.5 Å². The third-order valence-corrected chi connectivity index (χ3v) is 11.9. The van der Waals surface area contributed by atoms with Crippen molar-refractivity contribution in [1.29, 1.82) is 0 Å². The van der Waals surface area contributed by atoms with E-state index < -0.39 is 0 Å². The van der Waals surface area contributed by atoms with Crippen molar-refractivity contribution >= 4 is 54.1 Å². The molecular weight excluding hydrogens is 743 g/mol. The number of benzene rings is 9. The summed E-state index contributed by atoms with van der Waals surface area (Å²) in [6.07, 6.45) is 3.66. The lowest BCUT2D eigenvalue weighted by atomic mass is 9.91. The van der Waals surface area contributed by atoms with Gasteiger partial charge in [0, 0.05) is 45.5 Å². The number of pyridine rings is 1. The van der Waals surface area contributed by atoms with Crippen LogP contribution in [0.5, 0.6) is 0 Å². The van der Waals surface area contributed by atoms with Gasteiger partial charge in [-0.05, 0) is 97.0 Å². The van der Waals surface area contributed by atoms with Crippen molar-refractivity contribution in [3.05, 3.63) is 213 Å². The Balaban J connectivity index is 0.962. The minimum atomic E-state index is 0.626. The number of rotatable bonds is 6. The van der Waals surface area contributed by atoms with Crippen LogP contribution >= 0.6 is 0 Å². The van der Waals surface area contributed by atoms with E-state index in [9.17, 15) is 0 Å². The van der Waals surface area contributed by atoms with E-state index in [1.165, 1.54) is 54.1 Å². The Bertz CT molecular complexity index is 3600. The topological polar surface area (TPSA) is 56.5 Å². The van der Waals surface area contributed by atoms with E-state index in [0.717, 1.165) is 44.6 Å². The van der Waals surface area contributed by atoms with Gasteiger partial charge in [0.05, 0.1) is 11.0 Å². The Hall–Kier alpha value is -8.28. The number of hydrogen-bond donors (Lipinski definition) is 0. The van der Waals surface area contributed by atoms with Crippen molar-refractivity contribution in [3.63, 3.8) is 0 Å². The Morgan fingerprint density at radius 2 is 0.754 bits per heavy atom. The molecule has 12 aromatic rings. The quantitative estimate of drug-likeness (QED) is 0.158. The molecule has 0 amide bonds. The number of hydrogen-bond acceptors (Lipinski definition) is 4. The van der Waals surface area contributed by atoms with E-state index in [1.54, 1.807) is 6.20 Å². The molecule has 0 N–H and O–H groups in total. The third kappa shape index (κ3) is 5.94. The van der Waals surface area contributed by atoms with Gasteiger partial charge in [-0.15, -0.1) is 0 Å². The van der Waals surface area contributed by atoms with Crippen molar-refractivity contribution < 1.29 is 0 Å². The zero-order valence-electron chi connectivity index (χ0n) is 32.9. The van der Waals surface area contributed by atoms with E-state index in [1.807, 2.05) is 42.6 Å². The first-order valence-electron chi connectivity index (χ1n) is 20.5. The van der Waals surface area contributed by atoms with Crippen LogP contribution in [0.25, 0.3) is 116 Å². The second kappa shape index (κ2) is 14.2. The fourth-order valence-electron chi connectivity index (χ4n) is 8.96. The van der Waals surface area contributed by atoms with Gasteiger partial charge in [-0.25, -0.2) is 15.0 Å². The summed E-state index contributed by atoms with van der Waals surface area (Å²) in [6.45, 7) is 0. The Kier molecular flexibility index (Phi) is 8.10. The SMILES string of the molecule is c1ccc(-c2nc(-c3ccc(-c4cccnc4)cc3)nc(-c3ccc(-c4ccc5c(c4)c4ccccc4c4cc6c(cc54)c4ccccc4n6-c4ccccc4)cc3)n2)cc1. The average Bonchev–Trinajstić information content (AvgIpc) is 3.67. The molecule has 0 radical (unpaired) electrons. The molecule has 284 valence electrons. The summed E-state index contributed by atoms with van der Waals surface area (Å²) in [6, 6.07) is 71.0. The van der Waals surface area contributed by atoms with Crippen LogP contribution in [0.4, 0.5) is 0 Å². The van der Waals surface area contributed by atoms with Crippen molar-refractivity contribution in [2.24, 2.45) is 0 Å². The Morgan fingerprint density at radius 3 is 1.39 bits per heavy atom. The summed E-state index contributed by atoms with van der Waals surface area (Å²) in [7, 11) is 0. The fourth-order valence-corrected chi connectivity index (χ4v) is 8.96. The van der Waals surface area contributed by atoms with E-state index in [4.69, 9.17) is 15.0 Å². The molecule has 9 aromatic carbocycles. The molecule has 3 aromatic heterocycles. The van der Waals surface area contributed by atoms with Gasteiger partial charge < -0.3 is 4.57 Å². The standard InChI is InChI=1S/C56H35N5/c1-3-12-38(13-4-1)54-58-55(60-56(59-54)40-27-23-37(24-28-40)42-14-11-31-57-35-42)39-25-21-36(22-26-39)41-29-30-46-48(32-41)44-17-7-8-18-45(44)50-34-53-51(33-49(46)50)47-19-9-10-20-52(47)61(53)43-15-5-2-6-16-43/h1-35H. The highest BCUT2D eigenvalue weighted by Gasteiger charge is 2.18. The molecular formula is C56H35N5. The lowest BCUT2D eigenvalue weighted by Gasteiger charge is -2.14. The first-order chi connectivity index (χ1) is 30.2. The second-order valence-electron chi connectivity index (χ2n) is 15.5. The minimum absolute atomic E-state index is 0.626. The minimum Gasteiger partial charge on any atom is -0.309 e. The number of para-hydroxylation sites is 2. The van der Waals surface area contributed by atoms with Gasteiger partial charge >= 0.3 is 0 Å². The number of fused-ring (bicyclic) bond motifs is 9. The molecule has 0 fully saturated rings. The maximum atomic E-state index is 5.03. The molecule has 0 saturated carbocycles. The summed E-state index contributed by atoms with van der Waals surface area (Å²) in [5.74, 6) is 1.89. The van der Waals surface area contributed by atoms with Crippen molar-refractivity contribution in [1.82, 2.24) is 24.5 Å². The maximum absolute atomic E-state index is 5.03. The van der Waals surface area contributed by atoms with Gasteiger partial charge in [0.1, 0.15) is 0 Å². The van der Waals surface area contributed by atoms with Crippen LogP contribution in [0.2, 0.25) is 0 Å². The van der Waals surface area contributed by atoms with Gasteiger partial charge in [0.15, 0.2) is 17.5 Å². The van der Waals surface area contributed by atoms with Crippen LogP contribution in [-0.2, 0) is 0 Å². The van der Waals surface area contributed by atoms with Crippen LogP contribution < -0.4 is 0 Å². The van der Waals surface area contributed by atoms with Crippen molar-refractivity contribution in [3.8, 4) is 62.1 Å². The summed E-state index contributed by atoms with van der Waals surface area (Å²) in [5.41, 5.74) is 10.8. The highest BCUT2D eigenvalue weighted by atomic mass is 15.0. The first kappa shape index (κ1) is 34.7. The molecule has 0 aliphatic carbocycles. The molecule has 12 rings (SSSR count). The highest BCUT2D eigenvalue weighted by Crippen LogP contribution is 2.42. The molecule has 3 heterocycles. The smallest absolute Gasteiger partial charge is 0.164 e. The number of aromatic nitrogens is 5.